The van der Waals surface area contributed by atoms with Gasteiger partial charge in [0.1, 0.15) is 11.0 Å². The van der Waals surface area contributed by atoms with Crippen LogP contribution in [0.1, 0.15) is 19.8 Å². The Bertz CT molecular complexity index is 563. The van der Waals surface area contributed by atoms with Crippen LogP contribution in [0.4, 0.5) is 5.69 Å². The molecule has 2 rings (SSSR count). The maximum atomic E-state index is 12.0. The molecule has 0 aromatic carbocycles. The first-order chi connectivity index (χ1) is 9.67. The van der Waals surface area contributed by atoms with Gasteiger partial charge in [-0.25, -0.2) is 4.68 Å². The SMILES string of the molecule is C#CCn1ncc(NCC2CCCN2CC)c(Br)c1=O. The summed E-state index contributed by atoms with van der Waals surface area (Å²) in [5.74, 6) is 2.41. The zero-order valence-electron chi connectivity index (χ0n) is 11.6. The minimum absolute atomic E-state index is 0.184. The maximum absolute atomic E-state index is 12.0. The van der Waals surface area contributed by atoms with E-state index in [1.807, 2.05) is 0 Å². The third-order valence-corrected chi connectivity index (χ3v) is 4.43. The number of likely N-dealkylation sites (tertiary alicyclic amines) is 1. The first-order valence-corrected chi connectivity index (χ1v) is 7.63. The highest BCUT2D eigenvalue weighted by Crippen LogP contribution is 2.20. The van der Waals surface area contributed by atoms with Crippen molar-refractivity contribution >= 4 is 21.6 Å². The number of likely N-dealkylation sites (N-methyl/N-ethyl adjacent to an activating group) is 1. The monoisotopic (exact) mass is 338 g/mol. The van der Waals surface area contributed by atoms with Gasteiger partial charge in [-0.05, 0) is 41.9 Å². The Morgan fingerprint density at radius 1 is 1.65 bits per heavy atom. The Hall–Kier alpha value is -1.32. The summed E-state index contributed by atoms with van der Waals surface area (Å²) in [7, 11) is 0. The molecule has 0 bridgehead atoms. The molecule has 1 aliphatic rings. The number of hydrogen-bond acceptors (Lipinski definition) is 4. The minimum Gasteiger partial charge on any atom is -0.381 e. The van der Waals surface area contributed by atoms with Crippen LogP contribution in [0.25, 0.3) is 0 Å². The summed E-state index contributed by atoms with van der Waals surface area (Å²) in [5.41, 5.74) is 0.526. The number of aromatic nitrogens is 2. The number of terminal acetylenes is 1. The van der Waals surface area contributed by atoms with Crippen LogP contribution in [0.5, 0.6) is 0 Å². The predicted octanol–water partition coefficient (Wildman–Crippen LogP) is 1.54. The van der Waals surface area contributed by atoms with Gasteiger partial charge in [-0.2, -0.15) is 5.10 Å². The normalized spacial score (nSPS) is 18.9. The molecule has 0 radical (unpaired) electrons. The molecule has 6 heteroatoms. The van der Waals surface area contributed by atoms with Crippen molar-refractivity contribution in [2.45, 2.75) is 32.4 Å². The predicted molar refractivity (Wildman–Crippen MR) is 83.8 cm³/mol. The van der Waals surface area contributed by atoms with E-state index in [0.29, 0.717) is 10.5 Å². The molecule has 0 saturated carbocycles. The van der Waals surface area contributed by atoms with Crippen LogP contribution < -0.4 is 10.9 Å². The van der Waals surface area contributed by atoms with Crippen LogP contribution >= 0.6 is 15.9 Å². The van der Waals surface area contributed by atoms with Gasteiger partial charge in [0, 0.05) is 12.6 Å². The van der Waals surface area contributed by atoms with E-state index in [1.54, 1.807) is 6.20 Å². The Kier molecular flexibility index (Phi) is 5.21. The molecule has 1 fully saturated rings. The Balaban J connectivity index is 2.05. The molecule has 2 heterocycles. The third kappa shape index (κ3) is 3.22. The van der Waals surface area contributed by atoms with Crippen molar-refractivity contribution in [3.8, 4) is 12.3 Å². The number of hydrogen-bond donors (Lipinski definition) is 1. The summed E-state index contributed by atoms with van der Waals surface area (Å²) in [5, 5.41) is 7.38. The molecule has 1 saturated heterocycles. The van der Waals surface area contributed by atoms with Gasteiger partial charge in [-0.3, -0.25) is 9.69 Å². The third-order valence-electron chi connectivity index (χ3n) is 3.66. The fourth-order valence-corrected chi connectivity index (χ4v) is 3.01. The lowest BCUT2D eigenvalue weighted by molar-refractivity contribution is 0.277. The van der Waals surface area contributed by atoms with E-state index in [0.717, 1.165) is 25.3 Å². The number of nitrogens with one attached hydrogen (secondary N) is 1. The quantitative estimate of drug-likeness (QED) is 0.827. The second kappa shape index (κ2) is 6.91. The second-order valence-electron chi connectivity index (χ2n) is 4.84. The Morgan fingerprint density at radius 2 is 2.45 bits per heavy atom. The molecule has 0 aliphatic carbocycles. The summed E-state index contributed by atoms with van der Waals surface area (Å²) in [6, 6.07) is 0.528. The lowest BCUT2D eigenvalue weighted by atomic mass is 10.2. The van der Waals surface area contributed by atoms with Crippen molar-refractivity contribution in [1.29, 1.82) is 0 Å². The molecule has 108 valence electrons. The Morgan fingerprint density at radius 3 is 3.15 bits per heavy atom. The van der Waals surface area contributed by atoms with Gasteiger partial charge in [-0.15, -0.1) is 6.42 Å². The van der Waals surface area contributed by atoms with Crippen LogP contribution in [0.2, 0.25) is 0 Å². The highest BCUT2D eigenvalue weighted by molar-refractivity contribution is 9.10. The zero-order chi connectivity index (χ0) is 14.5. The van der Waals surface area contributed by atoms with Crippen molar-refractivity contribution in [2.75, 3.05) is 25.0 Å². The highest BCUT2D eigenvalue weighted by Gasteiger charge is 2.22. The summed E-state index contributed by atoms with van der Waals surface area (Å²) >= 11 is 3.32. The van der Waals surface area contributed by atoms with E-state index < -0.39 is 0 Å². The molecular weight excluding hydrogens is 320 g/mol. The van der Waals surface area contributed by atoms with Crippen LogP contribution in [0, 0.1) is 12.3 Å². The van der Waals surface area contributed by atoms with Crippen molar-refractivity contribution < 1.29 is 0 Å². The number of rotatable bonds is 5. The summed E-state index contributed by atoms with van der Waals surface area (Å²) in [6.07, 6.45) is 9.28. The molecule has 1 atom stereocenters. The molecule has 1 unspecified atom stereocenters. The smallest absolute Gasteiger partial charge is 0.284 e. The number of anilines is 1. The fourth-order valence-electron chi connectivity index (χ4n) is 2.56. The van der Waals surface area contributed by atoms with E-state index in [2.05, 4.69) is 44.1 Å². The molecular formula is C14H19BrN4O. The van der Waals surface area contributed by atoms with Crippen molar-refractivity contribution in [3.05, 3.63) is 21.0 Å². The zero-order valence-corrected chi connectivity index (χ0v) is 13.2. The van der Waals surface area contributed by atoms with E-state index >= 15 is 0 Å². The summed E-state index contributed by atoms with van der Waals surface area (Å²) < 4.78 is 1.76. The van der Waals surface area contributed by atoms with Gasteiger partial charge in [-0.1, -0.05) is 12.8 Å². The van der Waals surface area contributed by atoms with E-state index in [9.17, 15) is 4.79 Å². The Labute approximate surface area is 127 Å². The van der Waals surface area contributed by atoms with Crippen LogP contribution in [-0.2, 0) is 6.54 Å². The molecule has 1 aromatic heterocycles. The highest BCUT2D eigenvalue weighted by atomic mass is 79.9. The largest absolute Gasteiger partial charge is 0.381 e. The van der Waals surface area contributed by atoms with Gasteiger partial charge >= 0.3 is 0 Å². The van der Waals surface area contributed by atoms with Crippen LogP contribution in [-0.4, -0.2) is 40.4 Å². The summed E-state index contributed by atoms with van der Waals surface area (Å²) in [4.78, 5) is 14.5. The second-order valence-corrected chi connectivity index (χ2v) is 5.64. The van der Waals surface area contributed by atoms with Gasteiger partial charge in [0.2, 0.25) is 0 Å². The molecule has 20 heavy (non-hydrogen) atoms. The number of nitrogens with zero attached hydrogens (tertiary/aromatic N) is 3. The number of halogens is 1. The summed E-state index contributed by atoms with van der Waals surface area (Å²) in [6.45, 7) is 5.41. The maximum Gasteiger partial charge on any atom is 0.284 e. The molecule has 0 spiro atoms. The van der Waals surface area contributed by atoms with Gasteiger partial charge in [0.05, 0.1) is 11.9 Å². The van der Waals surface area contributed by atoms with Crippen LogP contribution in [0.15, 0.2) is 15.5 Å². The minimum atomic E-state index is -0.202. The van der Waals surface area contributed by atoms with Crippen molar-refractivity contribution in [2.24, 2.45) is 0 Å². The van der Waals surface area contributed by atoms with E-state index in [-0.39, 0.29) is 12.1 Å². The first kappa shape index (κ1) is 15.1. The van der Waals surface area contributed by atoms with Gasteiger partial charge in [0.15, 0.2) is 0 Å². The molecule has 1 aromatic rings. The van der Waals surface area contributed by atoms with Crippen LogP contribution in [0.3, 0.4) is 0 Å². The molecule has 0 amide bonds. The average Bonchev–Trinajstić information content (AvgIpc) is 2.91. The molecule has 5 nitrogen and oxygen atoms in total. The first-order valence-electron chi connectivity index (χ1n) is 6.84. The van der Waals surface area contributed by atoms with Crippen molar-refractivity contribution in [1.82, 2.24) is 14.7 Å². The average molecular weight is 339 g/mol. The van der Waals surface area contributed by atoms with Gasteiger partial charge < -0.3 is 5.32 Å². The molecule has 1 aliphatic heterocycles. The lowest BCUT2D eigenvalue weighted by Crippen LogP contribution is -2.35. The van der Waals surface area contributed by atoms with Gasteiger partial charge in [0.25, 0.3) is 5.56 Å². The lowest BCUT2D eigenvalue weighted by Gasteiger charge is -2.23. The molecule has 1 N–H and O–H groups in total. The van der Waals surface area contributed by atoms with E-state index in [4.69, 9.17) is 6.42 Å². The standard InChI is InChI=1S/C14H19BrN4O/c1-3-7-19-14(20)13(15)12(10-17-19)16-9-11-6-5-8-18(11)4-2/h1,10-11,16H,4-9H2,2H3. The fraction of sp³-hybridized carbons (Fsp3) is 0.571. The van der Waals surface area contributed by atoms with E-state index in [1.165, 1.54) is 17.5 Å². The van der Waals surface area contributed by atoms with Crippen molar-refractivity contribution in [3.63, 3.8) is 0 Å². The topological polar surface area (TPSA) is 50.2 Å².